The third-order valence-electron chi connectivity index (χ3n) is 3.82. The summed E-state index contributed by atoms with van der Waals surface area (Å²) in [6.07, 6.45) is -3.12. The maximum atomic E-state index is 12.7. The van der Waals surface area contributed by atoms with Crippen molar-refractivity contribution in [2.24, 2.45) is 17.6 Å². The van der Waals surface area contributed by atoms with Crippen LogP contribution < -0.4 is 10.6 Å². The van der Waals surface area contributed by atoms with Gasteiger partial charge in [0.05, 0.1) is 5.56 Å². The van der Waals surface area contributed by atoms with Crippen molar-refractivity contribution in [1.29, 1.82) is 0 Å². The second-order valence-corrected chi connectivity index (χ2v) is 5.40. The number of anilines is 1. The minimum absolute atomic E-state index is 0.115. The molecule has 1 fully saturated rings. The second kappa shape index (κ2) is 5.04. The van der Waals surface area contributed by atoms with E-state index in [9.17, 15) is 13.2 Å². The van der Waals surface area contributed by atoms with E-state index in [1.807, 2.05) is 11.9 Å². The first-order valence-corrected chi connectivity index (χ1v) is 6.44. The van der Waals surface area contributed by atoms with Crippen LogP contribution in [0.1, 0.15) is 24.5 Å². The SMILES string of the molecule is CC1CC1CN(C)c1ccc(C(F)(F)F)cc1CN. The van der Waals surface area contributed by atoms with Crippen LogP contribution in [0.5, 0.6) is 0 Å². The summed E-state index contributed by atoms with van der Waals surface area (Å²) in [6, 6.07) is 3.81. The van der Waals surface area contributed by atoms with Crippen molar-refractivity contribution in [3.63, 3.8) is 0 Å². The first-order valence-electron chi connectivity index (χ1n) is 6.44. The van der Waals surface area contributed by atoms with Crippen molar-refractivity contribution in [1.82, 2.24) is 0 Å². The molecule has 19 heavy (non-hydrogen) atoms. The smallest absolute Gasteiger partial charge is 0.374 e. The lowest BCUT2D eigenvalue weighted by Crippen LogP contribution is -2.23. The van der Waals surface area contributed by atoms with E-state index in [2.05, 4.69) is 6.92 Å². The zero-order chi connectivity index (χ0) is 14.2. The van der Waals surface area contributed by atoms with Crippen LogP contribution in [-0.2, 0) is 12.7 Å². The lowest BCUT2D eigenvalue weighted by Gasteiger charge is -2.23. The van der Waals surface area contributed by atoms with E-state index in [0.29, 0.717) is 11.5 Å². The number of rotatable bonds is 4. The van der Waals surface area contributed by atoms with E-state index in [1.165, 1.54) is 12.5 Å². The fourth-order valence-electron chi connectivity index (χ4n) is 2.40. The van der Waals surface area contributed by atoms with Gasteiger partial charge in [0.15, 0.2) is 0 Å². The highest BCUT2D eigenvalue weighted by Crippen LogP contribution is 2.39. The van der Waals surface area contributed by atoms with Crippen LogP contribution in [0.4, 0.5) is 18.9 Å². The first kappa shape index (κ1) is 14.2. The highest BCUT2D eigenvalue weighted by Gasteiger charge is 2.34. The third-order valence-corrected chi connectivity index (χ3v) is 3.82. The molecular formula is C14H19F3N2. The molecule has 0 saturated heterocycles. The quantitative estimate of drug-likeness (QED) is 0.911. The molecule has 2 rings (SSSR count). The lowest BCUT2D eigenvalue weighted by molar-refractivity contribution is -0.137. The molecule has 2 N–H and O–H groups in total. The van der Waals surface area contributed by atoms with E-state index >= 15 is 0 Å². The Hall–Kier alpha value is -1.23. The molecule has 1 aromatic carbocycles. The third kappa shape index (κ3) is 3.21. The standard InChI is InChI=1S/C14H19F3N2/c1-9-5-11(9)8-19(2)13-4-3-12(14(15,16)17)6-10(13)7-18/h3-4,6,9,11H,5,7-8,18H2,1-2H3. The summed E-state index contributed by atoms with van der Waals surface area (Å²) in [5, 5.41) is 0. The predicted octanol–water partition coefficient (Wildman–Crippen LogP) is 3.26. The fraction of sp³-hybridized carbons (Fsp3) is 0.571. The number of nitrogens with zero attached hydrogens (tertiary/aromatic N) is 1. The Kier molecular flexibility index (Phi) is 3.76. The summed E-state index contributed by atoms with van der Waals surface area (Å²) in [5.41, 5.74) is 6.29. The minimum Gasteiger partial charge on any atom is -0.374 e. The summed E-state index contributed by atoms with van der Waals surface area (Å²) in [4.78, 5) is 2.01. The monoisotopic (exact) mass is 272 g/mol. The molecule has 1 aliphatic carbocycles. The summed E-state index contributed by atoms with van der Waals surface area (Å²) < 4.78 is 38.0. The van der Waals surface area contributed by atoms with Crippen LogP contribution >= 0.6 is 0 Å². The maximum absolute atomic E-state index is 12.7. The summed E-state index contributed by atoms with van der Waals surface area (Å²) in [7, 11) is 1.91. The molecular weight excluding hydrogens is 253 g/mol. The van der Waals surface area contributed by atoms with Crippen molar-refractivity contribution in [3.05, 3.63) is 29.3 Å². The van der Waals surface area contributed by atoms with Crippen molar-refractivity contribution in [2.75, 3.05) is 18.5 Å². The van der Waals surface area contributed by atoms with Gasteiger partial charge < -0.3 is 10.6 Å². The van der Waals surface area contributed by atoms with Gasteiger partial charge in [-0.2, -0.15) is 13.2 Å². The molecule has 0 radical (unpaired) electrons. The minimum atomic E-state index is -4.31. The Morgan fingerprint density at radius 2 is 2.00 bits per heavy atom. The van der Waals surface area contributed by atoms with E-state index in [0.717, 1.165) is 30.3 Å². The molecule has 1 saturated carbocycles. The molecule has 2 nitrogen and oxygen atoms in total. The largest absolute Gasteiger partial charge is 0.416 e. The normalized spacial score (nSPS) is 22.4. The van der Waals surface area contributed by atoms with Crippen molar-refractivity contribution in [2.45, 2.75) is 26.1 Å². The molecule has 1 aromatic rings. The molecule has 0 bridgehead atoms. The van der Waals surface area contributed by atoms with Gasteiger partial charge in [0, 0.05) is 25.8 Å². The molecule has 2 atom stereocenters. The first-order chi connectivity index (χ1) is 8.82. The van der Waals surface area contributed by atoms with Gasteiger partial charge in [-0.1, -0.05) is 6.92 Å². The Morgan fingerprint density at radius 3 is 2.47 bits per heavy atom. The van der Waals surface area contributed by atoms with Gasteiger partial charge in [0.1, 0.15) is 0 Å². The zero-order valence-corrected chi connectivity index (χ0v) is 11.2. The van der Waals surface area contributed by atoms with E-state index < -0.39 is 11.7 Å². The fourth-order valence-corrected chi connectivity index (χ4v) is 2.40. The second-order valence-electron chi connectivity index (χ2n) is 5.40. The average Bonchev–Trinajstić information content (AvgIpc) is 3.02. The van der Waals surface area contributed by atoms with E-state index in [1.54, 1.807) is 0 Å². The number of hydrogen-bond donors (Lipinski definition) is 1. The van der Waals surface area contributed by atoms with Gasteiger partial charge in [-0.25, -0.2) is 0 Å². The molecule has 0 amide bonds. The number of hydrogen-bond acceptors (Lipinski definition) is 2. The topological polar surface area (TPSA) is 29.3 Å². The van der Waals surface area contributed by atoms with Crippen LogP contribution in [0, 0.1) is 11.8 Å². The van der Waals surface area contributed by atoms with Crippen molar-refractivity contribution in [3.8, 4) is 0 Å². The molecule has 5 heteroatoms. The van der Waals surface area contributed by atoms with E-state index in [4.69, 9.17) is 5.73 Å². The lowest BCUT2D eigenvalue weighted by atomic mass is 10.1. The maximum Gasteiger partial charge on any atom is 0.416 e. The van der Waals surface area contributed by atoms with Crippen LogP contribution in [0.25, 0.3) is 0 Å². The molecule has 0 aromatic heterocycles. The Balaban J connectivity index is 2.20. The number of nitrogens with two attached hydrogens (primary N) is 1. The molecule has 106 valence electrons. The average molecular weight is 272 g/mol. The molecule has 1 aliphatic rings. The number of alkyl halides is 3. The van der Waals surface area contributed by atoms with Gasteiger partial charge in [-0.05, 0) is 42.0 Å². The van der Waals surface area contributed by atoms with Crippen LogP contribution in [0.2, 0.25) is 0 Å². The highest BCUT2D eigenvalue weighted by atomic mass is 19.4. The van der Waals surface area contributed by atoms with E-state index in [-0.39, 0.29) is 6.54 Å². The number of halogens is 3. The summed E-state index contributed by atoms with van der Waals surface area (Å²) in [6.45, 7) is 3.18. The number of benzene rings is 1. The molecule has 2 unspecified atom stereocenters. The molecule has 0 aliphatic heterocycles. The predicted molar refractivity (Wildman–Crippen MR) is 69.9 cm³/mol. The van der Waals surface area contributed by atoms with Gasteiger partial charge in [-0.3, -0.25) is 0 Å². The Labute approximate surface area is 111 Å². The van der Waals surface area contributed by atoms with Gasteiger partial charge >= 0.3 is 6.18 Å². The highest BCUT2D eigenvalue weighted by molar-refractivity contribution is 5.55. The molecule has 0 spiro atoms. The van der Waals surface area contributed by atoms with Crippen LogP contribution in [-0.4, -0.2) is 13.6 Å². The summed E-state index contributed by atoms with van der Waals surface area (Å²) in [5.74, 6) is 1.37. The van der Waals surface area contributed by atoms with Crippen LogP contribution in [0.15, 0.2) is 18.2 Å². The van der Waals surface area contributed by atoms with Crippen LogP contribution in [0.3, 0.4) is 0 Å². The van der Waals surface area contributed by atoms with Gasteiger partial charge in [0.25, 0.3) is 0 Å². The molecule has 0 heterocycles. The zero-order valence-electron chi connectivity index (χ0n) is 11.2. The van der Waals surface area contributed by atoms with Crippen molar-refractivity contribution >= 4 is 5.69 Å². The summed E-state index contributed by atoms with van der Waals surface area (Å²) >= 11 is 0. The van der Waals surface area contributed by atoms with Gasteiger partial charge in [-0.15, -0.1) is 0 Å². The van der Waals surface area contributed by atoms with Crippen molar-refractivity contribution < 1.29 is 13.2 Å². The Bertz CT molecular complexity index is 456. The van der Waals surface area contributed by atoms with Gasteiger partial charge in [0.2, 0.25) is 0 Å². The Morgan fingerprint density at radius 1 is 1.37 bits per heavy atom.